The minimum atomic E-state index is -0.452. The van der Waals surface area contributed by atoms with Crippen LogP contribution in [0.25, 0.3) is 5.57 Å². The lowest BCUT2D eigenvalue weighted by atomic mass is 10.0. The predicted octanol–water partition coefficient (Wildman–Crippen LogP) is 5.36. The van der Waals surface area contributed by atoms with Gasteiger partial charge in [-0.25, -0.2) is 4.90 Å². The second kappa shape index (κ2) is 8.28. The van der Waals surface area contributed by atoms with E-state index < -0.39 is 11.8 Å². The Morgan fingerprint density at radius 3 is 2.35 bits per heavy atom. The Kier molecular flexibility index (Phi) is 5.53. The number of hydrogen-bond acceptors (Lipinski definition) is 4. The summed E-state index contributed by atoms with van der Waals surface area (Å²) in [5, 5.41) is 3.74. The van der Waals surface area contributed by atoms with Gasteiger partial charge in [-0.15, -0.1) is 0 Å². The molecule has 0 spiro atoms. The molecule has 0 fully saturated rings. The molecule has 0 unspecified atom stereocenters. The number of halogens is 1. The molecule has 0 bridgehead atoms. The summed E-state index contributed by atoms with van der Waals surface area (Å²) < 4.78 is 5.44. The standard InChI is InChI=1S/C25H21ClN2O3/c1-15-12-13-21(31-3)20(14-15)28-24(29)22(17-8-5-4-6-9-17)23(25(28)30)27-19-11-7-10-18(26)16(19)2/h4-14,27H,1-3H3. The van der Waals surface area contributed by atoms with Crippen LogP contribution in [0.2, 0.25) is 5.02 Å². The van der Waals surface area contributed by atoms with Crippen molar-refractivity contribution in [1.82, 2.24) is 0 Å². The summed E-state index contributed by atoms with van der Waals surface area (Å²) in [5.74, 6) is -0.422. The zero-order valence-corrected chi connectivity index (χ0v) is 18.2. The van der Waals surface area contributed by atoms with Gasteiger partial charge in [0.1, 0.15) is 11.4 Å². The molecule has 4 rings (SSSR count). The van der Waals surface area contributed by atoms with Crippen LogP contribution >= 0.6 is 11.6 Å². The third kappa shape index (κ3) is 3.68. The molecule has 6 heteroatoms. The number of methoxy groups -OCH3 is 1. The smallest absolute Gasteiger partial charge is 0.282 e. The van der Waals surface area contributed by atoms with Crippen LogP contribution < -0.4 is 15.0 Å². The van der Waals surface area contributed by atoms with Gasteiger partial charge in [0.15, 0.2) is 0 Å². The minimum Gasteiger partial charge on any atom is -0.495 e. The number of ether oxygens (including phenoxy) is 1. The van der Waals surface area contributed by atoms with E-state index in [1.165, 1.54) is 7.11 Å². The first-order valence-electron chi connectivity index (χ1n) is 9.77. The van der Waals surface area contributed by atoms with Crippen LogP contribution in [0.1, 0.15) is 16.7 Å². The average molecular weight is 433 g/mol. The zero-order chi connectivity index (χ0) is 22.1. The maximum Gasteiger partial charge on any atom is 0.282 e. The summed E-state index contributed by atoms with van der Waals surface area (Å²) in [6, 6.07) is 19.9. The predicted molar refractivity (Wildman–Crippen MR) is 123 cm³/mol. The van der Waals surface area contributed by atoms with Crippen molar-refractivity contribution in [1.29, 1.82) is 0 Å². The summed E-state index contributed by atoms with van der Waals surface area (Å²) in [7, 11) is 1.51. The summed E-state index contributed by atoms with van der Waals surface area (Å²) in [6.07, 6.45) is 0. The molecule has 156 valence electrons. The topological polar surface area (TPSA) is 58.6 Å². The SMILES string of the molecule is COc1ccc(C)cc1N1C(=O)C(Nc2cccc(Cl)c2C)=C(c2ccccc2)C1=O. The molecule has 1 aliphatic rings. The molecule has 31 heavy (non-hydrogen) atoms. The molecule has 1 heterocycles. The first kappa shape index (κ1) is 20.7. The number of amides is 2. The minimum absolute atomic E-state index is 0.199. The lowest BCUT2D eigenvalue weighted by Crippen LogP contribution is -2.32. The Balaban J connectivity index is 1.88. The molecule has 3 aromatic carbocycles. The molecule has 1 N–H and O–H groups in total. The van der Waals surface area contributed by atoms with Gasteiger partial charge in [0.05, 0.1) is 18.4 Å². The van der Waals surface area contributed by atoms with E-state index in [4.69, 9.17) is 16.3 Å². The molecular weight excluding hydrogens is 412 g/mol. The lowest BCUT2D eigenvalue weighted by molar-refractivity contribution is -0.120. The molecule has 0 atom stereocenters. The average Bonchev–Trinajstić information content (AvgIpc) is 3.01. The zero-order valence-electron chi connectivity index (χ0n) is 17.4. The van der Waals surface area contributed by atoms with Crippen LogP contribution in [0.15, 0.2) is 72.4 Å². The van der Waals surface area contributed by atoms with Crippen LogP contribution in [0, 0.1) is 13.8 Å². The quantitative estimate of drug-likeness (QED) is 0.551. The highest BCUT2D eigenvalue weighted by molar-refractivity contribution is 6.46. The molecule has 0 saturated carbocycles. The summed E-state index contributed by atoms with van der Waals surface area (Å²) in [6.45, 7) is 3.75. The highest BCUT2D eigenvalue weighted by Gasteiger charge is 2.41. The van der Waals surface area contributed by atoms with E-state index in [0.717, 1.165) is 16.0 Å². The van der Waals surface area contributed by atoms with Crippen molar-refractivity contribution in [3.63, 3.8) is 0 Å². The van der Waals surface area contributed by atoms with E-state index in [2.05, 4.69) is 5.32 Å². The van der Waals surface area contributed by atoms with Crippen molar-refractivity contribution in [2.24, 2.45) is 0 Å². The number of aryl methyl sites for hydroxylation is 1. The number of anilines is 2. The highest BCUT2D eigenvalue weighted by Crippen LogP contribution is 2.38. The fourth-order valence-electron chi connectivity index (χ4n) is 3.59. The molecule has 3 aromatic rings. The van der Waals surface area contributed by atoms with Crippen LogP contribution in [0.4, 0.5) is 11.4 Å². The number of hydrogen-bond donors (Lipinski definition) is 1. The number of nitrogens with zero attached hydrogens (tertiary/aromatic N) is 1. The Bertz CT molecular complexity index is 1220. The van der Waals surface area contributed by atoms with Gasteiger partial charge in [-0.1, -0.05) is 54.1 Å². The number of rotatable bonds is 5. The normalized spacial score (nSPS) is 13.7. The fourth-order valence-corrected chi connectivity index (χ4v) is 3.76. The molecule has 0 radical (unpaired) electrons. The van der Waals surface area contributed by atoms with Crippen molar-refractivity contribution < 1.29 is 14.3 Å². The number of benzene rings is 3. The molecule has 2 amide bonds. The molecule has 1 aliphatic heterocycles. The summed E-state index contributed by atoms with van der Waals surface area (Å²) in [4.78, 5) is 28.3. The number of carbonyl (C=O) groups excluding carboxylic acids is 2. The van der Waals surface area contributed by atoms with Crippen LogP contribution in [0.5, 0.6) is 5.75 Å². The van der Waals surface area contributed by atoms with Gasteiger partial charge in [-0.05, 0) is 54.8 Å². The van der Waals surface area contributed by atoms with Crippen molar-refractivity contribution in [2.45, 2.75) is 13.8 Å². The van der Waals surface area contributed by atoms with Crippen molar-refractivity contribution in [3.05, 3.63) is 94.1 Å². The van der Waals surface area contributed by atoms with Crippen LogP contribution in [0.3, 0.4) is 0 Å². The largest absolute Gasteiger partial charge is 0.495 e. The van der Waals surface area contributed by atoms with E-state index in [1.807, 2.05) is 56.3 Å². The van der Waals surface area contributed by atoms with Crippen LogP contribution in [-0.4, -0.2) is 18.9 Å². The Hall–Kier alpha value is -3.57. The van der Waals surface area contributed by atoms with Gasteiger partial charge >= 0.3 is 0 Å². The van der Waals surface area contributed by atoms with E-state index in [-0.39, 0.29) is 5.70 Å². The molecule has 5 nitrogen and oxygen atoms in total. The second-order valence-corrected chi connectivity index (χ2v) is 7.68. The Morgan fingerprint density at radius 1 is 0.903 bits per heavy atom. The summed E-state index contributed by atoms with van der Waals surface area (Å²) >= 11 is 6.26. The first-order valence-corrected chi connectivity index (χ1v) is 10.2. The molecule has 0 saturated heterocycles. The number of carbonyl (C=O) groups is 2. The van der Waals surface area contributed by atoms with Gasteiger partial charge in [0.25, 0.3) is 11.8 Å². The lowest BCUT2D eigenvalue weighted by Gasteiger charge is -2.19. The Labute approximate surface area is 185 Å². The second-order valence-electron chi connectivity index (χ2n) is 7.27. The van der Waals surface area contributed by atoms with E-state index >= 15 is 0 Å². The maximum atomic E-state index is 13.6. The molecule has 0 aromatic heterocycles. The third-order valence-electron chi connectivity index (χ3n) is 5.25. The fraction of sp³-hybridized carbons (Fsp3) is 0.120. The van der Waals surface area contributed by atoms with Crippen molar-refractivity contribution in [2.75, 3.05) is 17.3 Å². The third-order valence-corrected chi connectivity index (χ3v) is 5.66. The van der Waals surface area contributed by atoms with Crippen LogP contribution in [-0.2, 0) is 9.59 Å². The monoisotopic (exact) mass is 432 g/mol. The van der Waals surface area contributed by atoms with E-state index in [0.29, 0.717) is 33.3 Å². The number of imide groups is 1. The van der Waals surface area contributed by atoms with Crippen molar-refractivity contribution >= 4 is 40.4 Å². The molecule has 0 aliphatic carbocycles. The van der Waals surface area contributed by atoms with E-state index in [1.54, 1.807) is 24.3 Å². The van der Waals surface area contributed by atoms with Gasteiger partial charge in [0, 0.05) is 10.7 Å². The van der Waals surface area contributed by atoms with Gasteiger partial charge in [-0.2, -0.15) is 0 Å². The van der Waals surface area contributed by atoms with Gasteiger partial charge < -0.3 is 10.1 Å². The molecular formula is C25H21ClN2O3. The Morgan fingerprint density at radius 2 is 1.65 bits per heavy atom. The van der Waals surface area contributed by atoms with Crippen molar-refractivity contribution in [3.8, 4) is 5.75 Å². The first-order chi connectivity index (χ1) is 14.9. The highest BCUT2D eigenvalue weighted by atomic mass is 35.5. The van der Waals surface area contributed by atoms with E-state index in [9.17, 15) is 9.59 Å². The van der Waals surface area contributed by atoms with Gasteiger partial charge in [0.2, 0.25) is 0 Å². The number of nitrogens with one attached hydrogen (secondary N) is 1. The maximum absolute atomic E-state index is 13.6. The summed E-state index contributed by atoms with van der Waals surface area (Å²) in [5.41, 5.74) is 3.91. The van der Waals surface area contributed by atoms with Gasteiger partial charge in [-0.3, -0.25) is 9.59 Å².